The molecule has 1 fully saturated rings. The van der Waals surface area contributed by atoms with Crippen LogP contribution >= 0.6 is 0 Å². The Morgan fingerprint density at radius 2 is 2.50 bits per heavy atom. The first-order chi connectivity index (χ1) is 6.88. The lowest BCUT2D eigenvalue weighted by Gasteiger charge is -2.20. The molecule has 1 aliphatic heterocycles. The lowest BCUT2D eigenvalue weighted by molar-refractivity contribution is 0.0525. The number of ether oxygens (including phenoxy) is 1. The van der Waals surface area contributed by atoms with Crippen molar-refractivity contribution in [3.63, 3.8) is 0 Å². The first-order valence-electron chi connectivity index (χ1n) is 5.10. The van der Waals surface area contributed by atoms with E-state index in [0.29, 0.717) is 12.5 Å². The molecule has 78 valence electrons. The van der Waals surface area contributed by atoms with Gasteiger partial charge in [-0.15, -0.1) is 0 Å². The van der Waals surface area contributed by atoms with E-state index in [9.17, 15) is 0 Å². The Kier molecular flexibility index (Phi) is 3.16. The molecule has 2 rings (SSSR count). The minimum Gasteiger partial charge on any atom is -0.444 e. The van der Waals surface area contributed by atoms with E-state index in [0.717, 1.165) is 37.7 Å². The van der Waals surface area contributed by atoms with Gasteiger partial charge in [-0.1, -0.05) is 0 Å². The van der Waals surface area contributed by atoms with Crippen LogP contribution in [0.1, 0.15) is 24.5 Å². The van der Waals surface area contributed by atoms with Crippen molar-refractivity contribution in [2.75, 3.05) is 13.2 Å². The van der Waals surface area contributed by atoms with E-state index in [2.05, 4.69) is 4.98 Å². The van der Waals surface area contributed by atoms with Crippen LogP contribution in [-0.2, 0) is 17.7 Å². The largest absolute Gasteiger partial charge is 0.444 e. The molecule has 0 amide bonds. The molecule has 0 bridgehead atoms. The van der Waals surface area contributed by atoms with Crippen molar-refractivity contribution in [3.05, 3.63) is 17.8 Å². The van der Waals surface area contributed by atoms with Crippen LogP contribution in [0.5, 0.6) is 0 Å². The first-order valence-corrected chi connectivity index (χ1v) is 5.10. The highest BCUT2D eigenvalue weighted by Gasteiger charge is 2.16. The highest BCUT2D eigenvalue weighted by Crippen LogP contribution is 2.18. The van der Waals surface area contributed by atoms with Gasteiger partial charge >= 0.3 is 0 Å². The Bertz CT molecular complexity index is 279. The number of aromatic nitrogens is 1. The standard InChI is InChI=1S/C10H16N2O2/c11-5-9-6-12-10(14-9)4-8-2-1-3-13-7-8/h6,8H,1-5,7,11H2. The van der Waals surface area contributed by atoms with Crippen LogP contribution in [0.3, 0.4) is 0 Å². The summed E-state index contributed by atoms with van der Waals surface area (Å²) in [5.41, 5.74) is 5.44. The molecule has 1 saturated heterocycles. The molecule has 4 heteroatoms. The van der Waals surface area contributed by atoms with Crippen molar-refractivity contribution in [2.24, 2.45) is 11.7 Å². The third-order valence-electron chi connectivity index (χ3n) is 2.52. The number of nitrogens with two attached hydrogens (primary N) is 1. The lowest BCUT2D eigenvalue weighted by Crippen LogP contribution is -2.19. The predicted octanol–water partition coefficient (Wildman–Crippen LogP) is 1.10. The van der Waals surface area contributed by atoms with Gasteiger partial charge in [0.25, 0.3) is 0 Å². The zero-order valence-corrected chi connectivity index (χ0v) is 8.24. The molecule has 0 aromatic carbocycles. The molecule has 1 aromatic heterocycles. The van der Waals surface area contributed by atoms with E-state index in [1.54, 1.807) is 6.20 Å². The third kappa shape index (κ3) is 2.33. The van der Waals surface area contributed by atoms with Crippen LogP contribution < -0.4 is 5.73 Å². The molecule has 1 aliphatic rings. The van der Waals surface area contributed by atoms with Crippen molar-refractivity contribution in [2.45, 2.75) is 25.8 Å². The summed E-state index contributed by atoms with van der Waals surface area (Å²) in [7, 11) is 0. The van der Waals surface area contributed by atoms with E-state index in [-0.39, 0.29) is 0 Å². The molecule has 0 aliphatic carbocycles. The molecule has 0 saturated carbocycles. The monoisotopic (exact) mass is 196 g/mol. The van der Waals surface area contributed by atoms with Gasteiger partial charge in [0.1, 0.15) is 5.76 Å². The van der Waals surface area contributed by atoms with Gasteiger partial charge in [-0.3, -0.25) is 0 Å². The zero-order chi connectivity index (χ0) is 9.80. The van der Waals surface area contributed by atoms with Crippen LogP contribution in [0.15, 0.2) is 10.6 Å². The molecule has 1 atom stereocenters. The first kappa shape index (κ1) is 9.68. The fourth-order valence-corrected chi connectivity index (χ4v) is 1.75. The van der Waals surface area contributed by atoms with Crippen LogP contribution in [0, 0.1) is 5.92 Å². The number of hydrogen-bond acceptors (Lipinski definition) is 4. The highest BCUT2D eigenvalue weighted by molar-refractivity contribution is 4.94. The Morgan fingerprint density at radius 1 is 1.57 bits per heavy atom. The molecular weight excluding hydrogens is 180 g/mol. The molecule has 1 aromatic rings. The molecule has 4 nitrogen and oxygen atoms in total. The summed E-state index contributed by atoms with van der Waals surface area (Å²) in [6.07, 6.45) is 4.94. The summed E-state index contributed by atoms with van der Waals surface area (Å²) in [5, 5.41) is 0. The average Bonchev–Trinajstić information content (AvgIpc) is 2.67. The van der Waals surface area contributed by atoms with Crippen LogP contribution in [0.4, 0.5) is 0 Å². The van der Waals surface area contributed by atoms with Crippen LogP contribution in [0.2, 0.25) is 0 Å². The van der Waals surface area contributed by atoms with E-state index in [1.807, 2.05) is 0 Å². The van der Waals surface area contributed by atoms with Gasteiger partial charge < -0.3 is 14.9 Å². The van der Waals surface area contributed by atoms with Gasteiger partial charge in [0.2, 0.25) is 0 Å². The minimum atomic E-state index is 0.425. The minimum absolute atomic E-state index is 0.425. The summed E-state index contributed by atoms with van der Waals surface area (Å²) in [5.74, 6) is 2.12. The predicted molar refractivity (Wildman–Crippen MR) is 51.6 cm³/mol. The van der Waals surface area contributed by atoms with Crippen molar-refractivity contribution >= 4 is 0 Å². The summed E-state index contributed by atoms with van der Waals surface area (Å²) in [6.45, 7) is 2.16. The van der Waals surface area contributed by atoms with Gasteiger partial charge in [0.15, 0.2) is 5.89 Å². The fraction of sp³-hybridized carbons (Fsp3) is 0.700. The number of nitrogens with zero attached hydrogens (tertiary/aromatic N) is 1. The van der Waals surface area contributed by atoms with Gasteiger partial charge in [-0.2, -0.15) is 0 Å². The Morgan fingerprint density at radius 3 is 3.14 bits per heavy atom. The zero-order valence-electron chi connectivity index (χ0n) is 8.24. The average molecular weight is 196 g/mol. The maximum absolute atomic E-state index is 5.44. The van der Waals surface area contributed by atoms with Gasteiger partial charge in [-0.05, 0) is 18.8 Å². The number of rotatable bonds is 3. The maximum Gasteiger partial charge on any atom is 0.194 e. The van der Waals surface area contributed by atoms with E-state index in [4.69, 9.17) is 14.9 Å². The van der Waals surface area contributed by atoms with E-state index >= 15 is 0 Å². The molecule has 0 spiro atoms. The fourth-order valence-electron chi connectivity index (χ4n) is 1.75. The third-order valence-corrected chi connectivity index (χ3v) is 2.52. The smallest absolute Gasteiger partial charge is 0.194 e. The van der Waals surface area contributed by atoms with Crippen molar-refractivity contribution < 1.29 is 9.15 Å². The van der Waals surface area contributed by atoms with Crippen molar-refractivity contribution in [1.29, 1.82) is 0 Å². The molecule has 1 unspecified atom stereocenters. The second kappa shape index (κ2) is 4.57. The molecule has 2 heterocycles. The highest BCUT2D eigenvalue weighted by atomic mass is 16.5. The van der Waals surface area contributed by atoms with Crippen molar-refractivity contribution in [1.82, 2.24) is 4.98 Å². The molecular formula is C10H16N2O2. The Hall–Kier alpha value is -0.870. The SMILES string of the molecule is NCc1cnc(CC2CCCOC2)o1. The molecule has 0 radical (unpaired) electrons. The quantitative estimate of drug-likeness (QED) is 0.786. The second-order valence-electron chi connectivity index (χ2n) is 3.71. The summed E-state index contributed by atoms with van der Waals surface area (Å²) in [4.78, 5) is 4.18. The Balaban J connectivity index is 1.89. The lowest BCUT2D eigenvalue weighted by atomic mass is 9.99. The Labute approximate surface area is 83.4 Å². The van der Waals surface area contributed by atoms with Gasteiger partial charge in [0.05, 0.1) is 12.7 Å². The van der Waals surface area contributed by atoms with Gasteiger partial charge in [0, 0.05) is 19.6 Å². The second-order valence-corrected chi connectivity index (χ2v) is 3.71. The number of hydrogen-bond donors (Lipinski definition) is 1. The van der Waals surface area contributed by atoms with Crippen LogP contribution in [-0.4, -0.2) is 18.2 Å². The normalized spacial score (nSPS) is 22.5. The molecule has 14 heavy (non-hydrogen) atoms. The van der Waals surface area contributed by atoms with E-state index in [1.165, 1.54) is 6.42 Å². The maximum atomic E-state index is 5.44. The topological polar surface area (TPSA) is 61.3 Å². The summed E-state index contributed by atoms with van der Waals surface area (Å²) >= 11 is 0. The summed E-state index contributed by atoms with van der Waals surface area (Å²) < 4.78 is 10.8. The van der Waals surface area contributed by atoms with Crippen LogP contribution in [0.25, 0.3) is 0 Å². The van der Waals surface area contributed by atoms with Crippen molar-refractivity contribution in [3.8, 4) is 0 Å². The van der Waals surface area contributed by atoms with E-state index < -0.39 is 0 Å². The molecule has 2 N–H and O–H groups in total. The number of oxazole rings is 1. The van der Waals surface area contributed by atoms with Gasteiger partial charge in [-0.25, -0.2) is 4.98 Å². The summed E-state index contributed by atoms with van der Waals surface area (Å²) in [6, 6.07) is 0.